The number of carbonyl (C=O) groups excluding carboxylic acids is 2. The zero-order chi connectivity index (χ0) is 20.1. The number of aliphatic imine (C=N–C) groups is 1. The minimum Gasteiger partial charge on any atom is -0.465 e. The van der Waals surface area contributed by atoms with Crippen LogP contribution in [0.5, 0.6) is 0 Å². The summed E-state index contributed by atoms with van der Waals surface area (Å²) in [5.41, 5.74) is -1.19. The molecule has 1 heterocycles. The summed E-state index contributed by atoms with van der Waals surface area (Å²) < 4.78 is 71.1. The highest BCUT2D eigenvalue weighted by atomic mass is 19.2. The zero-order valence-corrected chi connectivity index (χ0v) is 13.7. The van der Waals surface area contributed by atoms with Gasteiger partial charge in [-0.2, -0.15) is 0 Å². The van der Waals surface area contributed by atoms with Crippen molar-refractivity contribution in [2.45, 2.75) is 6.92 Å². The molecule has 2 aromatic rings. The third-order valence-corrected chi connectivity index (χ3v) is 3.26. The van der Waals surface area contributed by atoms with E-state index < -0.39 is 52.3 Å². The van der Waals surface area contributed by atoms with Crippen LogP contribution < -0.4 is 0 Å². The van der Waals surface area contributed by atoms with E-state index in [-0.39, 0.29) is 18.5 Å². The predicted molar refractivity (Wildman–Crippen MR) is 83.1 cm³/mol. The number of esters is 1. The molecule has 1 aromatic heterocycles. The number of benzene rings is 1. The molecule has 0 saturated carbocycles. The van der Waals surface area contributed by atoms with Crippen molar-refractivity contribution in [3.8, 4) is 0 Å². The van der Waals surface area contributed by atoms with Crippen LogP contribution in [0, 0.1) is 35.0 Å². The second kappa shape index (κ2) is 8.47. The van der Waals surface area contributed by atoms with E-state index in [0.717, 1.165) is 18.3 Å². The van der Waals surface area contributed by atoms with Crippen LogP contribution in [0.3, 0.4) is 0 Å². The zero-order valence-electron chi connectivity index (χ0n) is 13.7. The number of hydrogen-bond acceptors (Lipinski definition) is 5. The molecule has 1 unspecified atom stereocenters. The highest BCUT2D eigenvalue weighted by Gasteiger charge is 2.32. The van der Waals surface area contributed by atoms with Crippen LogP contribution in [0.25, 0.3) is 0 Å². The van der Waals surface area contributed by atoms with Gasteiger partial charge < -0.3 is 4.74 Å². The summed E-state index contributed by atoms with van der Waals surface area (Å²) in [6.45, 7) is 1.27. The largest absolute Gasteiger partial charge is 0.465 e. The number of hydrogen-bond donors (Lipinski definition) is 0. The van der Waals surface area contributed by atoms with Gasteiger partial charge in [-0.15, -0.1) is 0 Å². The maximum absolute atomic E-state index is 13.9. The van der Waals surface area contributed by atoms with Gasteiger partial charge in [0.05, 0.1) is 18.4 Å². The van der Waals surface area contributed by atoms with Gasteiger partial charge in [0.1, 0.15) is 5.82 Å². The first kappa shape index (κ1) is 20.1. The molecule has 0 radical (unpaired) electrons. The maximum Gasteiger partial charge on any atom is 0.322 e. The van der Waals surface area contributed by atoms with E-state index in [2.05, 4.69) is 14.7 Å². The molecule has 0 fully saturated rings. The lowest BCUT2D eigenvalue weighted by Crippen LogP contribution is -2.29. The molecular weight excluding hydrogens is 375 g/mol. The van der Waals surface area contributed by atoms with E-state index in [1.807, 2.05) is 0 Å². The first-order valence-electron chi connectivity index (χ1n) is 7.45. The monoisotopic (exact) mass is 386 g/mol. The standard InChI is InChI=1S/C17H11F5N2O3/c1-2-27-17(26)10(7-24-12-4-3-8(18)6-23-12)16(25)9-5-11(19)14(21)15(22)13(9)20/h3-7,10H,2H2,1H3. The minimum atomic E-state index is -2.20. The van der Waals surface area contributed by atoms with E-state index in [9.17, 15) is 31.5 Å². The Balaban J connectivity index is 2.43. The van der Waals surface area contributed by atoms with Gasteiger partial charge in [0.15, 0.2) is 40.8 Å². The molecule has 0 bridgehead atoms. The van der Waals surface area contributed by atoms with Crippen LogP contribution >= 0.6 is 0 Å². The second-order valence-electron chi connectivity index (χ2n) is 5.05. The SMILES string of the molecule is CCOC(=O)C(C=Nc1ccc(F)cn1)C(=O)c1cc(F)c(F)c(F)c1F. The Morgan fingerprint density at radius 2 is 1.85 bits per heavy atom. The molecule has 0 aliphatic carbocycles. The number of carbonyl (C=O) groups is 2. The molecule has 5 nitrogen and oxygen atoms in total. The van der Waals surface area contributed by atoms with Crippen LogP contribution in [0.4, 0.5) is 27.8 Å². The molecule has 0 aliphatic rings. The number of nitrogens with zero attached hydrogens (tertiary/aromatic N) is 2. The normalized spacial score (nSPS) is 12.2. The van der Waals surface area contributed by atoms with Crippen LogP contribution in [-0.2, 0) is 9.53 Å². The number of rotatable bonds is 6. The van der Waals surface area contributed by atoms with Gasteiger partial charge in [-0.1, -0.05) is 0 Å². The van der Waals surface area contributed by atoms with Gasteiger partial charge in [0, 0.05) is 6.21 Å². The van der Waals surface area contributed by atoms with E-state index in [0.29, 0.717) is 6.21 Å². The minimum absolute atomic E-state index is 0.101. The van der Waals surface area contributed by atoms with Crippen molar-refractivity contribution in [3.63, 3.8) is 0 Å². The summed E-state index contributed by atoms with van der Waals surface area (Å²) in [5.74, 6) is -13.3. The van der Waals surface area contributed by atoms with Gasteiger partial charge >= 0.3 is 5.97 Å². The third-order valence-electron chi connectivity index (χ3n) is 3.26. The lowest BCUT2D eigenvalue weighted by molar-refractivity contribution is -0.143. The summed E-state index contributed by atoms with van der Waals surface area (Å²) in [7, 11) is 0. The second-order valence-corrected chi connectivity index (χ2v) is 5.05. The first-order chi connectivity index (χ1) is 12.8. The van der Waals surface area contributed by atoms with E-state index in [1.165, 1.54) is 6.92 Å². The lowest BCUT2D eigenvalue weighted by Gasteiger charge is -2.11. The van der Waals surface area contributed by atoms with Gasteiger partial charge in [-0.3, -0.25) is 9.59 Å². The van der Waals surface area contributed by atoms with Gasteiger partial charge in [-0.25, -0.2) is 31.9 Å². The van der Waals surface area contributed by atoms with Crippen molar-refractivity contribution < 1.29 is 36.3 Å². The summed E-state index contributed by atoms with van der Waals surface area (Å²) in [5, 5.41) is 0. The number of ether oxygens (including phenoxy) is 1. The Labute approximate surface area is 149 Å². The number of halogens is 5. The molecule has 0 N–H and O–H groups in total. The Hall–Kier alpha value is -3.17. The Kier molecular flexibility index (Phi) is 6.32. The summed E-state index contributed by atoms with van der Waals surface area (Å²) in [6, 6.07) is 2.26. The van der Waals surface area contributed by atoms with Crippen molar-refractivity contribution in [2.24, 2.45) is 10.9 Å². The molecule has 142 valence electrons. The number of aromatic nitrogens is 1. The smallest absolute Gasteiger partial charge is 0.322 e. The maximum atomic E-state index is 13.9. The average Bonchev–Trinajstić information content (AvgIpc) is 2.64. The van der Waals surface area contributed by atoms with Crippen LogP contribution in [0.2, 0.25) is 0 Å². The molecular formula is C17H11F5N2O3. The summed E-state index contributed by atoms with van der Waals surface area (Å²) in [4.78, 5) is 31.6. The summed E-state index contributed by atoms with van der Waals surface area (Å²) >= 11 is 0. The quantitative estimate of drug-likeness (QED) is 0.145. The molecule has 0 aliphatic heterocycles. The highest BCUT2D eigenvalue weighted by Crippen LogP contribution is 2.22. The molecule has 27 heavy (non-hydrogen) atoms. The van der Waals surface area contributed by atoms with Crippen LogP contribution in [0.1, 0.15) is 17.3 Å². The molecule has 1 aromatic carbocycles. The molecule has 0 spiro atoms. The van der Waals surface area contributed by atoms with Gasteiger partial charge in [-0.05, 0) is 25.1 Å². The fourth-order valence-corrected chi connectivity index (χ4v) is 1.98. The average molecular weight is 386 g/mol. The molecule has 10 heteroatoms. The lowest BCUT2D eigenvalue weighted by atomic mass is 9.97. The fourth-order valence-electron chi connectivity index (χ4n) is 1.98. The number of pyridine rings is 1. The van der Waals surface area contributed by atoms with Crippen LogP contribution in [-0.4, -0.2) is 29.6 Å². The van der Waals surface area contributed by atoms with Crippen molar-refractivity contribution in [3.05, 3.63) is 59.0 Å². The third kappa shape index (κ3) is 4.52. The van der Waals surface area contributed by atoms with Crippen LogP contribution in [0.15, 0.2) is 29.4 Å². The Morgan fingerprint density at radius 1 is 1.15 bits per heavy atom. The topological polar surface area (TPSA) is 68.6 Å². The summed E-state index contributed by atoms with van der Waals surface area (Å²) in [6.07, 6.45) is 1.53. The number of Topliss-reactive ketones (excluding diaryl/α,β-unsaturated/α-hetero) is 1. The van der Waals surface area contributed by atoms with E-state index in [1.54, 1.807) is 0 Å². The van der Waals surface area contributed by atoms with Crippen molar-refractivity contribution >= 4 is 23.8 Å². The van der Waals surface area contributed by atoms with Gasteiger partial charge in [0.25, 0.3) is 0 Å². The molecule has 1 atom stereocenters. The molecule has 0 saturated heterocycles. The number of ketones is 1. The molecule has 0 amide bonds. The van der Waals surface area contributed by atoms with E-state index in [4.69, 9.17) is 0 Å². The fraction of sp³-hybridized carbons (Fsp3) is 0.176. The Morgan fingerprint density at radius 3 is 2.44 bits per heavy atom. The van der Waals surface area contributed by atoms with Gasteiger partial charge in [0.2, 0.25) is 0 Å². The highest BCUT2D eigenvalue weighted by molar-refractivity contribution is 6.18. The van der Waals surface area contributed by atoms with Crippen molar-refractivity contribution in [1.29, 1.82) is 0 Å². The van der Waals surface area contributed by atoms with E-state index >= 15 is 0 Å². The predicted octanol–water partition coefficient (Wildman–Crippen LogP) is 3.54. The first-order valence-corrected chi connectivity index (χ1v) is 7.45. The molecule has 2 rings (SSSR count). The van der Waals surface area contributed by atoms with Crippen molar-refractivity contribution in [2.75, 3.05) is 6.61 Å². The van der Waals surface area contributed by atoms with Crippen molar-refractivity contribution in [1.82, 2.24) is 4.98 Å². The Bertz CT molecular complexity index is 900.